The first-order valence-corrected chi connectivity index (χ1v) is 9.62. The first kappa shape index (κ1) is 20.2. The lowest BCUT2D eigenvalue weighted by molar-refractivity contribution is -0.130. The van der Waals surface area contributed by atoms with Crippen LogP contribution in [0.2, 0.25) is 0 Å². The molecular weight excluding hydrogens is 358 g/mol. The maximum atomic E-state index is 12.8. The quantitative estimate of drug-likeness (QED) is 0.721. The normalized spacial score (nSPS) is 18.9. The van der Waals surface area contributed by atoms with Crippen LogP contribution in [0.3, 0.4) is 0 Å². The fourth-order valence-corrected chi connectivity index (χ4v) is 3.54. The largest absolute Gasteiger partial charge is 0.489 e. The molecule has 1 saturated heterocycles. The van der Waals surface area contributed by atoms with Gasteiger partial charge in [-0.2, -0.15) is 0 Å². The van der Waals surface area contributed by atoms with Crippen LogP contribution < -0.4 is 9.64 Å². The van der Waals surface area contributed by atoms with Gasteiger partial charge in [0.25, 0.3) is 5.91 Å². The van der Waals surface area contributed by atoms with Crippen LogP contribution in [-0.4, -0.2) is 81.2 Å². The first-order chi connectivity index (χ1) is 13.4. The van der Waals surface area contributed by atoms with Gasteiger partial charge in [-0.1, -0.05) is 12.2 Å². The van der Waals surface area contributed by atoms with Crippen LogP contribution in [-0.2, 0) is 9.53 Å². The molecule has 7 nitrogen and oxygen atoms in total. The molecule has 3 rings (SSSR count). The van der Waals surface area contributed by atoms with Crippen LogP contribution >= 0.6 is 0 Å². The van der Waals surface area contributed by atoms with Gasteiger partial charge in [0, 0.05) is 39.3 Å². The standard InChI is InChI=1S/C21H29N3O4/c1-15(2)13-22(3)20(25)12-17-14-28-19-6-5-16(11-18(19)23(17)4)21(26)24-7-9-27-10-8-24/h5-6,11,17H,1,7-10,12-14H2,2-4H3/t17-/m0/s1. The van der Waals surface area contributed by atoms with Gasteiger partial charge in [0.2, 0.25) is 5.91 Å². The van der Waals surface area contributed by atoms with E-state index >= 15 is 0 Å². The first-order valence-electron chi connectivity index (χ1n) is 9.62. The fourth-order valence-electron chi connectivity index (χ4n) is 3.54. The van der Waals surface area contributed by atoms with Gasteiger partial charge in [0.1, 0.15) is 12.4 Å². The smallest absolute Gasteiger partial charge is 0.254 e. The van der Waals surface area contributed by atoms with Crippen molar-refractivity contribution in [3.05, 3.63) is 35.9 Å². The molecule has 0 radical (unpaired) electrons. The number of nitrogens with zero attached hydrogens (tertiary/aromatic N) is 3. The Morgan fingerprint density at radius 2 is 2.00 bits per heavy atom. The molecule has 0 unspecified atom stereocenters. The molecule has 7 heteroatoms. The third kappa shape index (κ3) is 4.47. The molecule has 152 valence electrons. The number of benzene rings is 1. The molecule has 2 heterocycles. The predicted molar refractivity (Wildman–Crippen MR) is 108 cm³/mol. The number of fused-ring (bicyclic) bond motifs is 1. The zero-order valence-electron chi connectivity index (χ0n) is 16.9. The molecule has 28 heavy (non-hydrogen) atoms. The van der Waals surface area contributed by atoms with Gasteiger partial charge in [-0.15, -0.1) is 0 Å². The molecule has 0 aromatic heterocycles. The summed E-state index contributed by atoms with van der Waals surface area (Å²) in [6, 6.07) is 5.42. The minimum atomic E-state index is -0.0821. The Kier molecular flexibility index (Phi) is 6.24. The van der Waals surface area contributed by atoms with Gasteiger partial charge in [-0.25, -0.2) is 0 Å². The second kappa shape index (κ2) is 8.65. The molecule has 0 aliphatic carbocycles. The van der Waals surface area contributed by atoms with Gasteiger partial charge in [0.05, 0.1) is 31.4 Å². The second-order valence-electron chi connectivity index (χ2n) is 7.57. The number of carbonyl (C=O) groups is 2. The van der Waals surface area contributed by atoms with E-state index in [1.165, 1.54) is 0 Å². The predicted octanol–water partition coefficient (Wildman–Crippen LogP) is 1.78. The third-order valence-electron chi connectivity index (χ3n) is 5.21. The summed E-state index contributed by atoms with van der Waals surface area (Å²) in [5.41, 5.74) is 2.41. The summed E-state index contributed by atoms with van der Waals surface area (Å²) >= 11 is 0. The highest BCUT2D eigenvalue weighted by Gasteiger charge is 2.29. The Hall–Kier alpha value is -2.54. The number of hydrogen-bond acceptors (Lipinski definition) is 5. The van der Waals surface area contributed by atoms with Crippen LogP contribution in [0.1, 0.15) is 23.7 Å². The van der Waals surface area contributed by atoms with E-state index in [0.29, 0.717) is 51.4 Å². The number of carbonyl (C=O) groups excluding carboxylic acids is 2. The maximum absolute atomic E-state index is 12.8. The van der Waals surface area contributed by atoms with Crippen LogP contribution in [0.4, 0.5) is 5.69 Å². The van der Waals surface area contributed by atoms with Crippen LogP contribution in [0, 0.1) is 0 Å². The van der Waals surface area contributed by atoms with E-state index in [4.69, 9.17) is 9.47 Å². The van der Waals surface area contributed by atoms with Crippen LogP contribution in [0.15, 0.2) is 30.4 Å². The van der Waals surface area contributed by atoms with Crippen molar-refractivity contribution in [2.24, 2.45) is 0 Å². The van der Waals surface area contributed by atoms with Crippen molar-refractivity contribution in [2.75, 3.05) is 58.5 Å². The summed E-state index contributed by atoms with van der Waals surface area (Å²) in [6.07, 6.45) is 0.349. The number of hydrogen-bond donors (Lipinski definition) is 0. The van der Waals surface area contributed by atoms with Crippen molar-refractivity contribution in [1.29, 1.82) is 0 Å². The highest BCUT2D eigenvalue weighted by Crippen LogP contribution is 2.35. The Morgan fingerprint density at radius 1 is 1.29 bits per heavy atom. The van der Waals surface area contributed by atoms with Gasteiger partial charge < -0.3 is 24.2 Å². The molecule has 0 bridgehead atoms. The number of morpholine rings is 1. The molecule has 0 N–H and O–H groups in total. The molecule has 1 aromatic carbocycles. The van der Waals surface area contributed by atoms with E-state index < -0.39 is 0 Å². The number of anilines is 1. The van der Waals surface area contributed by atoms with E-state index in [9.17, 15) is 9.59 Å². The molecule has 1 atom stereocenters. The van der Waals surface area contributed by atoms with E-state index in [0.717, 1.165) is 17.0 Å². The summed E-state index contributed by atoms with van der Waals surface area (Å²) in [7, 11) is 3.73. The summed E-state index contributed by atoms with van der Waals surface area (Å²) in [5.74, 6) is 0.784. The Balaban J connectivity index is 1.72. The van der Waals surface area contributed by atoms with E-state index in [2.05, 4.69) is 6.58 Å². The van der Waals surface area contributed by atoms with Crippen molar-refractivity contribution in [3.63, 3.8) is 0 Å². The summed E-state index contributed by atoms with van der Waals surface area (Å²) in [4.78, 5) is 30.8. The second-order valence-corrected chi connectivity index (χ2v) is 7.57. The highest BCUT2D eigenvalue weighted by atomic mass is 16.5. The van der Waals surface area contributed by atoms with Gasteiger partial charge in [-0.3, -0.25) is 9.59 Å². The Labute approximate surface area is 166 Å². The number of ether oxygens (including phenoxy) is 2. The number of likely N-dealkylation sites (N-methyl/N-ethyl adjacent to an activating group) is 2. The van der Waals surface area contributed by atoms with Crippen molar-refractivity contribution in [3.8, 4) is 5.75 Å². The monoisotopic (exact) mass is 387 g/mol. The maximum Gasteiger partial charge on any atom is 0.254 e. The molecule has 0 saturated carbocycles. The van der Waals surface area contributed by atoms with Crippen molar-refractivity contribution in [2.45, 2.75) is 19.4 Å². The summed E-state index contributed by atoms with van der Waals surface area (Å²) in [5, 5.41) is 0. The zero-order valence-corrected chi connectivity index (χ0v) is 16.9. The average Bonchev–Trinajstić information content (AvgIpc) is 2.69. The highest BCUT2D eigenvalue weighted by molar-refractivity contribution is 5.96. The van der Waals surface area contributed by atoms with Gasteiger partial charge in [0.15, 0.2) is 0 Å². The lowest BCUT2D eigenvalue weighted by Gasteiger charge is -2.36. The number of amides is 2. The van der Waals surface area contributed by atoms with Gasteiger partial charge >= 0.3 is 0 Å². The lowest BCUT2D eigenvalue weighted by Crippen LogP contribution is -2.44. The van der Waals surface area contributed by atoms with Gasteiger partial charge in [-0.05, 0) is 25.1 Å². The Morgan fingerprint density at radius 3 is 2.68 bits per heavy atom. The topological polar surface area (TPSA) is 62.3 Å². The molecular formula is C21H29N3O4. The molecule has 2 aliphatic rings. The van der Waals surface area contributed by atoms with Crippen molar-refractivity contribution in [1.82, 2.24) is 9.80 Å². The molecule has 0 spiro atoms. The molecule has 1 aromatic rings. The number of rotatable bonds is 5. The Bertz CT molecular complexity index is 758. The average molecular weight is 387 g/mol. The van der Waals surface area contributed by atoms with Crippen molar-refractivity contribution >= 4 is 17.5 Å². The van der Waals surface area contributed by atoms with E-state index in [1.54, 1.807) is 18.0 Å². The van der Waals surface area contributed by atoms with Crippen molar-refractivity contribution < 1.29 is 19.1 Å². The summed E-state index contributed by atoms with van der Waals surface area (Å²) in [6.45, 7) is 9.10. The third-order valence-corrected chi connectivity index (χ3v) is 5.21. The van der Waals surface area contributed by atoms with Crippen LogP contribution in [0.25, 0.3) is 0 Å². The molecule has 2 aliphatic heterocycles. The molecule has 2 amide bonds. The molecule has 1 fully saturated rings. The lowest BCUT2D eigenvalue weighted by atomic mass is 10.1. The minimum Gasteiger partial charge on any atom is -0.489 e. The fraction of sp³-hybridized carbons (Fsp3) is 0.524. The van der Waals surface area contributed by atoms with E-state index in [1.807, 2.05) is 35.9 Å². The summed E-state index contributed by atoms with van der Waals surface area (Å²) < 4.78 is 11.2. The van der Waals surface area contributed by atoms with E-state index in [-0.39, 0.29) is 17.9 Å². The van der Waals surface area contributed by atoms with Crippen LogP contribution in [0.5, 0.6) is 5.75 Å². The SMILES string of the molecule is C=C(C)CN(C)C(=O)C[C@H]1COc2ccc(C(=O)N3CCOCC3)cc2N1C. The zero-order chi connectivity index (χ0) is 20.3. The minimum absolute atomic E-state index is 0.00103.